The van der Waals surface area contributed by atoms with Gasteiger partial charge in [-0.3, -0.25) is 10.4 Å². The Balaban J connectivity index is 2.07. The maximum Gasteiger partial charge on any atom is 0.422 e. The Bertz CT molecular complexity index is 360. The van der Waals surface area contributed by atoms with Crippen molar-refractivity contribution in [3.05, 3.63) is 30.1 Å². The number of pyridine rings is 1. The molecule has 2 N–H and O–H groups in total. The Morgan fingerprint density at radius 3 is 2.83 bits per heavy atom. The molecule has 0 aliphatic rings. The van der Waals surface area contributed by atoms with E-state index in [4.69, 9.17) is 4.74 Å². The van der Waals surface area contributed by atoms with E-state index in [-0.39, 0.29) is 0 Å². The van der Waals surface area contributed by atoms with Crippen molar-refractivity contribution < 1.29 is 9.53 Å². The van der Waals surface area contributed by atoms with Crippen LogP contribution in [0.2, 0.25) is 0 Å². The molecule has 0 unspecified atom stereocenters. The third kappa shape index (κ3) is 6.85. The monoisotopic (exact) mass is 251 g/mol. The quantitative estimate of drug-likeness (QED) is 0.621. The van der Waals surface area contributed by atoms with Gasteiger partial charge in [-0.25, -0.2) is 10.2 Å². The number of ether oxygens (including phenoxy) is 1. The Hall–Kier alpha value is -1.62. The number of nitrogens with one attached hydrogen (secondary N) is 2. The van der Waals surface area contributed by atoms with Crippen molar-refractivity contribution in [1.82, 2.24) is 15.8 Å². The van der Waals surface area contributed by atoms with Gasteiger partial charge < -0.3 is 4.74 Å². The summed E-state index contributed by atoms with van der Waals surface area (Å²) in [6, 6.07) is 3.95. The van der Waals surface area contributed by atoms with E-state index < -0.39 is 11.7 Å². The van der Waals surface area contributed by atoms with Crippen LogP contribution in [-0.2, 0) is 11.2 Å². The zero-order valence-corrected chi connectivity index (χ0v) is 11.2. The molecule has 1 heterocycles. The minimum atomic E-state index is -0.471. The number of hydrogen-bond donors (Lipinski definition) is 2. The Kier molecular flexibility index (Phi) is 5.58. The van der Waals surface area contributed by atoms with Crippen molar-refractivity contribution in [2.45, 2.75) is 39.2 Å². The van der Waals surface area contributed by atoms with Crippen LogP contribution in [0.4, 0.5) is 4.79 Å². The van der Waals surface area contributed by atoms with Crippen molar-refractivity contribution in [2.24, 2.45) is 0 Å². The van der Waals surface area contributed by atoms with Crippen LogP contribution in [0.1, 0.15) is 32.8 Å². The average molecular weight is 251 g/mol. The number of hydrogen-bond acceptors (Lipinski definition) is 4. The van der Waals surface area contributed by atoms with Crippen LogP contribution in [0.5, 0.6) is 0 Å². The van der Waals surface area contributed by atoms with E-state index in [2.05, 4.69) is 15.8 Å². The summed E-state index contributed by atoms with van der Waals surface area (Å²) in [5.74, 6) is 0. The number of aryl methyl sites for hydroxylation is 1. The highest BCUT2D eigenvalue weighted by Gasteiger charge is 2.15. The molecule has 18 heavy (non-hydrogen) atoms. The van der Waals surface area contributed by atoms with Crippen LogP contribution < -0.4 is 10.9 Å². The number of nitrogens with zero attached hydrogens (tertiary/aromatic N) is 1. The molecule has 0 aliphatic carbocycles. The Labute approximate surface area is 108 Å². The van der Waals surface area contributed by atoms with Crippen molar-refractivity contribution in [1.29, 1.82) is 0 Å². The van der Waals surface area contributed by atoms with Gasteiger partial charge in [0.05, 0.1) is 0 Å². The summed E-state index contributed by atoms with van der Waals surface area (Å²) < 4.78 is 5.08. The lowest BCUT2D eigenvalue weighted by Gasteiger charge is -2.19. The van der Waals surface area contributed by atoms with Gasteiger partial charge in [-0.2, -0.15) is 0 Å². The van der Waals surface area contributed by atoms with E-state index in [9.17, 15) is 4.79 Å². The van der Waals surface area contributed by atoms with Gasteiger partial charge in [0.15, 0.2) is 0 Å². The summed E-state index contributed by atoms with van der Waals surface area (Å²) in [4.78, 5) is 15.3. The van der Waals surface area contributed by atoms with Crippen molar-refractivity contribution in [3.8, 4) is 0 Å². The van der Waals surface area contributed by atoms with E-state index in [1.807, 2.05) is 39.1 Å². The smallest absolute Gasteiger partial charge is 0.422 e. The van der Waals surface area contributed by atoms with Gasteiger partial charge >= 0.3 is 6.09 Å². The maximum absolute atomic E-state index is 11.3. The second kappa shape index (κ2) is 6.96. The molecule has 1 aromatic heterocycles. The first-order valence-electron chi connectivity index (χ1n) is 6.08. The molecule has 0 atom stereocenters. The topological polar surface area (TPSA) is 63.2 Å². The number of carbonyl (C=O) groups excluding carboxylic acids is 1. The van der Waals surface area contributed by atoms with Gasteiger partial charge in [-0.15, -0.1) is 0 Å². The zero-order valence-electron chi connectivity index (χ0n) is 11.2. The Morgan fingerprint density at radius 1 is 1.44 bits per heavy atom. The predicted octanol–water partition coefficient (Wildman–Crippen LogP) is 2.04. The van der Waals surface area contributed by atoms with Crippen molar-refractivity contribution in [2.75, 3.05) is 6.54 Å². The fraction of sp³-hybridized carbons (Fsp3) is 0.538. The van der Waals surface area contributed by atoms with Crippen molar-refractivity contribution in [3.63, 3.8) is 0 Å². The van der Waals surface area contributed by atoms with Crippen LogP contribution in [0, 0.1) is 0 Å². The van der Waals surface area contributed by atoms with Gasteiger partial charge in [0.1, 0.15) is 5.60 Å². The van der Waals surface area contributed by atoms with E-state index in [1.165, 1.54) is 5.56 Å². The van der Waals surface area contributed by atoms with Crippen molar-refractivity contribution >= 4 is 6.09 Å². The minimum absolute atomic E-state index is 0.455. The van der Waals surface area contributed by atoms with Crippen LogP contribution in [-0.4, -0.2) is 23.2 Å². The molecule has 0 aromatic carbocycles. The molecule has 0 radical (unpaired) electrons. The van der Waals surface area contributed by atoms with Crippen LogP contribution >= 0.6 is 0 Å². The summed E-state index contributed by atoms with van der Waals surface area (Å²) in [5.41, 5.74) is 6.05. The molecular formula is C13H21N3O2. The SMILES string of the molecule is CC(C)(C)OC(=O)NNCCCc1cccnc1. The fourth-order valence-electron chi connectivity index (χ4n) is 1.37. The molecule has 0 aliphatic heterocycles. The highest BCUT2D eigenvalue weighted by atomic mass is 16.6. The predicted molar refractivity (Wildman–Crippen MR) is 69.9 cm³/mol. The molecule has 0 saturated carbocycles. The van der Waals surface area contributed by atoms with Gasteiger partial charge in [0, 0.05) is 18.9 Å². The second-order valence-electron chi connectivity index (χ2n) is 5.02. The highest BCUT2D eigenvalue weighted by Crippen LogP contribution is 2.05. The van der Waals surface area contributed by atoms with E-state index in [1.54, 1.807) is 6.20 Å². The second-order valence-corrected chi connectivity index (χ2v) is 5.02. The number of hydrazine groups is 1. The molecule has 0 saturated heterocycles. The van der Waals surface area contributed by atoms with Gasteiger partial charge in [-0.05, 0) is 45.2 Å². The normalized spacial score (nSPS) is 11.1. The first-order valence-corrected chi connectivity index (χ1v) is 6.08. The highest BCUT2D eigenvalue weighted by molar-refractivity contribution is 5.66. The molecule has 5 heteroatoms. The summed E-state index contributed by atoms with van der Waals surface area (Å²) in [5, 5.41) is 0. The number of rotatable bonds is 5. The third-order valence-electron chi connectivity index (χ3n) is 2.08. The van der Waals surface area contributed by atoms with E-state index >= 15 is 0 Å². The Morgan fingerprint density at radius 2 is 2.22 bits per heavy atom. The third-order valence-corrected chi connectivity index (χ3v) is 2.08. The fourth-order valence-corrected chi connectivity index (χ4v) is 1.37. The van der Waals surface area contributed by atoms with Gasteiger partial charge in [0.2, 0.25) is 0 Å². The lowest BCUT2D eigenvalue weighted by atomic mass is 10.2. The molecule has 0 bridgehead atoms. The molecule has 1 amide bonds. The molecule has 100 valence electrons. The summed E-state index contributed by atoms with van der Waals surface area (Å²) in [6.45, 7) is 6.17. The first kappa shape index (κ1) is 14.4. The standard InChI is InChI=1S/C13H21N3O2/c1-13(2,3)18-12(17)16-15-9-5-7-11-6-4-8-14-10-11/h4,6,8,10,15H,5,7,9H2,1-3H3,(H,16,17). The number of aromatic nitrogens is 1. The molecule has 1 rings (SSSR count). The summed E-state index contributed by atoms with van der Waals surface area (Å²) >= 11 is 0. The molecule has 0 fully saturated rings. The minimum Gasteiger partial charge on any atom is -0.443 e. The van der Waals surface area contributed by atoms with Gasteiger partial charge in [0.25, 0.3) is 0 Å². The molecule has 5 nitrogen and oxygen atoms in total. The van der Waals surface area contributed by atoms with E-state index in [0.717, 1.165) is 12.8 Å². The zero-order chi connectivity index (χ0) is 13.4. The summed E-state index contributed by atoms with van der Waals surface area (Å²) in [7, 11) is 0. The van der Waals surface area contributed by atoms with Crippen LogP contribution in [0.25, 0.3) is 0 Å². The maximum atomic E-state index is 11.3. The molecule has 0 spiro atoms. The first-order chi connectivity index (χ1) is 8.47. The average Bonchev–Trinajstić information content (AvgIpc) is 2.27. The number of carbonyl (C=O) groups is 1. The lowest BCUT2D eigenvalue weighted by Crippen LogP contribution is -2.41. The summed E-state index contributed by atoms with van der Waals surface area (Å²) in [6.07, 6.45) is 5.00. The van der Waals surface area contributed by atoms with Gasteiger partial charge in [-0.1, -0.05) is 6.07 Å². The van der Waals surface area contributed by atoms with E-state index in [0.29, 0.717) is 6.54 Å². The molecule has 1 aromatic rings. The van der Waals surface area contributed by atoms with Crippen LogP contribution in [0.15, 0.2) is 24.5 Å². The largest absolute Gasteiger partial charge is 0.443 e. The lowest BCUT2D eigenvalue weighted by molar-refractivity contribution is 0.0498. The van der Waals surface area contributed by atoms with Crippen LogP contribution in [0.3, 0.4) is 0 Å². The number of amides is 1. The molecular weight excluding hydrogens is 230 g/mol.